The topological polar surface area (TPSA) is 50.8 Å². The highest BCUT2D eigenvalue weighted by Crippen LogP contribution is 2.30. The molecule has 19 heavy (non-hydrogen) atoms. The Hall–Kier alpha value is -1.01. The number of halogens is 4. The van der Waals surface area contributed by atoms with Gasteiger partial charge in [-0.15, -0.1) is 0 Å². The van der Waals surface area contributed by atoms with E-state index in [-0.39, 0.29) is 24.0 Å². The van der Waals surface area contributed by atoms with Crippen molar-refractivity contribution in [2.75, 3.05) is 6.61 Å². The second kappa shape index (κ2) is 5.55. The molecule has 0 aromatic carbocycles. The Labute approximate surface area is 116 Å². The van der Waals surface area contributed by atoms with Crippen LogP contribution < -0.4 is 0 Å². The molecule has 0 bridgehead atoms. The van der Waals surface area contributed by atoms with E-state index >= 15 is 0 Å². The van der Waals surface area contributed by atoms with Crippen LogP contribution in [0.3, 0.4) is 0 Å². The van der Waals surface area contributed by atoms with Gasteiger partial charge in [0.2, 0.25) is 0 Å². The summed E-state index contributed by atoms with van der Waals surface area (Å²) in [4.78, 5) is 0. The zero-order chi connectivity index (χ0) is 14.0. The third-order valence-corrected chi connectivity index (χ3v) is 3.59. The molecule has 1 atom stereocenters. The number of hydrogen-bond acceptors (Lipinski definition) is 3. The molecular weight excluding hydrogens is 326 g/mol. The molecule has 102 valence electrons. The fourth-order valence-corrected chi connectivity index (χ4v) is 2.42. The number of nitriles is 1. The lowest BCUT2D eigenvalue weighted by molar-refractivity contribution is -0.141. The van der Waals surface area contributed by atoms with E-state index in [2.05, 4.69) is 27.0 Å². The molecule has 2 heterocycles. The molecule has 1 fully saturated rings. The van der Waals surface area contributed by atoms with Crippen molar-refractivity contribution in [3.63, 3.8) is 0 Å². The van der Waals surface area contributed by atoms with E-state index in [1.165, 1.54) is 4.68 Å². The molecular formula is C10H10BBrF3N3O. The second-order valence-corrected chi connectivity index (χ2v) is 5.19. The SMILES string of the molecule is N#CB1CCOC(Cn2nc(C(F)(F)F)cc2Br)C1. The number of alkyl halides is 3. The van der Waals surface area contributed by atoms with Gasteiger partial charge in [0, 0.05) is 18.6 Å². The maximum Gasteiger partial charge on any atom is 0.435 e. The molecule has 4 nitrogen and oxygen atoms in total. The summed E-state index contributed by atoms with van der Waals surface area (Å²) in [7, 11) is 0. The van der Waals surface area contributed by atoms with Gasteiger partial charge in [0.1, 0.15) is 4.60 Å². The van der Waals surface area contributed by atoms with E-state index in [0.29, 0.717) is 19.2 Å². The molecule has 0 amide bonds. The summed E-state index contributed by atoms with van der Waals surface area (Å²) in [5.74, 6) is 2.16. The lowest BCUT2D eigenvalue weighted by Crippen LogP contribution is -2.33. The van der Waals surface area contributed by atoms with E-state index in [9.17, 15) is 13.2 Å². The molecule has 0 N–H and O–H groups in total. The zero-order valence-corrected chi connectivity index (χ0v) is 11.4. The van der Waals surface area contributed by atoms with Crippen LogP contribution in [0.15, 0.2) is 10.7 Å². The van der Waals surface area contributed by atoms with Crippen molar-refractivity contribution in [3.05, 3.63) is 16.4 Å². The summed E-state index contributed by atoms with van der Waals surface area (Å²) in [6.45, 7) is 0.554. The fourth-order valence-electron chi connectivity index (χ4n) is 1.98. The van der Waals surface area contributed by atoms with Gasteiger partial charge in [-0.2, -0.15) is 18.3 Å². The van der Waals surface area contributed by atoms with Gasteiger partial charge in [-0.05, 0) is 28.6 Å². The monoisotopic (exact) mass is 335 g/mol. The maximum absolute atomic E-state index is 12.5. The lowest BCUT2D eigenvalue weighted by atomic mass is 9.45. The minimum atomic E-state index is -4.46. The molecule has 1 aromatic heterocycles. The Bertz CT molecular complexity index is 499. The quantitative estimate of drug-likeness (QED) is 0.781. The van der Waals surface area contributed by atoms with E-state index in [4.69, 9.17) is 10.00 Å². The van der Waals surface area contributed by atoms with Crippen LogP contribution in [0.2, 0.25) is 12.6 Å². The van der Waals surface area contributed by atoms with E-state index in [1.807, 2.05) is 0 Å². The first-order valence-electron chi connectivity index (χ1n) is 5.72. The molecule has 0 saturated carbocycles. The summed E-state index contributed by atoms with van der Waals surface area (Å²) in [5.41, 5.74) is -0.938. The van der Waals surface area contributed by atoms with Gasteiger partial charge in [-0.1, -0.05) is 0 Å². The Balaban J connectivity index is 2.07. The summed E-state index contributed by atoms with van der Waals surface area (Å²) >= 11 is 3.05. The van der Waals surface area contributed by atoms with Gasteiger partial charge in [-0.25, -0.2) is 5.26 Å². The molecule has 1 aliphatic rings. The number of hydrogen-bond donors (Lipinski definition) is 0. The van der Waals surface area contributed by atoms with Crippen molar-refractivity contribution in [1.29, 1.82) is 5.26 Å². The smallest absolute Gasteiger partial charge is 0.378 e. The molecule has 1 unspecified atom stereocenters. The normalized spacial score (nSPS) is 20.4. The Morgan fingerprint density at radius 3 is 2.95 bits per heavy atom. The van der Waals surface area contributed by atoms with Crippen LogP contribution in [0.1, 0.15) is 5.69 Å². The lowest BCUT2D eigenvalue weighted by Gasteiger charge is -2.24. The Kier molecular flexibility index (Phi) is 4.21. The number of rotatable bonds is 2. The van der Waals surface area contributed by atoms with Crippen LogP contribution in [0.5, 0.6) is 0 Å². The third-order valence-electron chi connectivity index (χ3n) is 2.95. The molecule has 1 aromatic rings. The molecule has 0 spiro atoms. The predicted octanol–water partition coefficient (Wildman–Crippen LogP) is 2.62. The van der Waals surface area contributed by atoms with Crippen LogP contribution in [-0.2, 0) is 17.5 Å². The van der Waals surface area contributed by atoms with Crippen molar-refractivity contribution in [3.8, 4) is 5.97 Å². The maximum atomic E-state index is 12.5. The summed E-state index contributed by atoms with van der Waals surface area (Å²) in [6, 6.07) is 0.935. The standard InChI is InChI=1S/C10H10BBrF3N3O/c12-9-3-8(10(13,14)15)17-18(9)5-7-4-11(6-16)1-2-19-7/h3,7H,1-2,4-5H2. The van der Waals surface area contributed by atoms with Crippen molar-refractivity contribution in [2.45, 2.75) is 31.5 Å². The van der Waals surface area contributed by atoms with Crippen molar-refractivity contribution in [2.24, 2.45) is 0 Å². The largest absolute Gasteiger partial charge is 0.435 e. The second-order valence-electron chi connectivity index (χ2n) is 4.38. The Morgan fingerprint density at radius 1 is 1.63 bits per heavy atom. The van der Waals surface area contributed by atoms with E-state index in [1.54, 1.807) is 0 Å². The molecule has 1 saturated heterocycles. The van der Waals surface area contributed by atoms with Crippen molar-refractivity contribution in [1.82, 2.24) is 9.78 Å². The molecule has 9 heteroatoms. The highest BCUT2D eigenvalue weighted by Gasteiger charge is 2.35. The van der Waals surface area contributed by atoms with Crippen LogP contribution in [0, 0.1) is 11.2 Å². The van der Waals surface area contributed by atoms with Crippen LogP contribution in [0.4, 0.5) is 13.2 Å². The van der Waals surface area contributed by atoms with Crippen LogP contribution in [0.25, 0.3) is 0 Å². The first kappa shape index (κ1) is 14.4. The highest BCUT2D eigenvalue weighted by molar-refractivity contribution is 9.10. The Morgan fingerprint density at radius 2 is 2.37 bits per heavy atom. The van der Waals surface area contributed by atoms with Gasteiger partial charge in [-0.3, -0.25) is 4.68 Å². The van der Waals surface area contributed by atoms with Gasteiger partial charge in [0.05, 0.1) is 12.6 Å². The van der Waals surface area contributed by atoms with E-state index < -0.39 is 11.9 Å². The molecule has 0 aliphatic carbocycles. The van der Waals surface area contributed by atoms with Crippen molar-refractivity contribution < 1.29 is 17.9 Å². The van der Waals surface area contributed by atoms with Gasteiger partial charge in [0.25, 0.3) is 6.71 Å². The third kappa shape index (κ3) is 3.51. The number of aromatic nitrogens is 2. The van der Waals surface area contributed by atoms with E-state index in [0.717, 1.165) is 6.07 Å². The summed E-state index contributed by atoms with van der Waals surface area (Å²) in [6.07, 6.45) is -3.56. The van der Waals surface area contributed by atoms with Gasteiger partial charge in [0.15, 0.2) is 5.69 Å². The average Bonchev–Trinajstić information content (AvgIpc) is 2.71. The molecule has 2 rings (SSSR count). The van der Waals surface area contributed by atoms with Crippen molar-refractivity contribution >= 4 is 22.6 Å². The highest BCUT2D eigenvalue weighted by atomic mass is 79.9. The van der Waals surface area contributed by atoms with Crippen LogP contribution in [-0.4, -0.2) is 29.2 Å². The van der Waals surface area contributed by atoms with Gasteiger partial charge < -0.3 is 4.74 Å². The summed E-state index contributed by atoms with van der Waals surface area (Å²) in [5, 5.41) is 12.4. The summed E-state index contributed by atoms with van der Waals surface area (Å²) < 4.78 is 44.4. The fraction of sp³-hybridized carbons (Fsp3) is 0.600. The minimum absolute atomic E-state index is 0.102. The number of nitrogens with zero attached hydrogens (tertiary/aromatic N) is 3. The average molecular weight is 336 g/mol. The number of ether oxygens (including phenoxy) is 1. The zero-order valence-electron chi connectivity index (χ0n) is 9.82. The molecule has 1 aliphatic heterocycles. The van der Waals surface area contributed by atoms with Crippen LogP contribution >= 0.6 is 15.9 Å². The first-order valence-corrected chi connectivity index (χ1v) is 6.51. The molecule has 0 radical (unpaired) electrons. The minimum Gasteiger partial charge on any atom is -0.378 e. The first-order chi connectivity index (χ1) is 8.90. The van der Waals surface area contributed by atoms with Gasteiger partial charge >= 0.3 is 6.18 Å². The predicted molar refractivity (Wildman–Crippen MR) is 65.7 cm³/mol.